The lowest BCUT2D eigenvalue weighted by molar-refractivity contribution is -0.121. The summed E-state index contributed by atoms with van der Waals surface area (Å²) in [7, 11) is -0.719. The van der Waals surface area contributed by atoms with Gasteiger partial charge in [0.2, 0.25) is 5.91 Å². The number of amides is 1. The van der Waals surface area contributed by atoms with E-state index in [0.29, 0.717) is 24.5 Å². The predicted molar refractivity (Wildman–Crippen MR) is 48.1 cm³/mol. The van der Waals surface area contributed by atoms with Gasteiger partial charge in [-0.25, -0.2) is 0 Å². The van der Waals surface area contributed by atoms with Gasteiger partial charge in [-0.1, -0.05) is 0 Å². The zero-order chi connectivity index (χ0) is 8.97. The molecule has 1 saturated heterocycles. The molecule has 5 heteroatoms. The lowest BCUT2D eigenvalue weighted by atomic mass is 10.2. The van der Waals surface area contributed by atoms with Crippen LogP contribution in [-0.4, -0.2) is 34.2 Å². The van der Waals surface area contributed by atoms with Crippen LogP contribution in [0.1, 0.15) is 12.8 Å². The van der Waals surface area contributed by atoms with Crippen LogP contribution in [0.5, 0.6) is 0 Å². The van der Waals surface area contributed by atoms with Crippen LogP contribution in [0.3, 0.4) is 0 Å². The Kier molecular flexibility index (Phi) is 3.68. The van der Waals surface area contributed by atoms with E-state index in [-0.39, 0.29) is 11.9 Å². The van der Waals surface area contributed by atoms with E-state index >= 15 is 0 Å². The molecule has 0 radical (unpaired) electrons. The van der Waals surface area contributed by atoms with E-state index in [0.717, 1.165) is 6.42 Å². The lowest BCUT2D eigenvalue weighted by Crippen LogP contribution is -2.36. The quantitative estimate of drug-likeness (QED) is 0.598. The first-order valence-corrected chi connectivity index (χ1v) is 5.55. The second kappa shape index (κ2) is 4.57. The summed E-state index contributed by atoms with van der Waals surface area (Å²) in [5.74, 6) is 1.30. The molecular formula is C7H14N2O2S. The number of carbonyl (C=O) groups is 1. The van der Waals surface area contributed by atoms with Crippen molar-refractivity contribution in [2.24, 2.45) is 5.73 Å². The smallest absolute Gasteiger partial charge is 0.221 e. The number of carbonyl (C=O) groups excluding carboxylic acids is 1. The summed E-state index contributed by atoms with van der Waals surface area (Å²) < 4.78 is 10.9. The minimum Gasteiger partial charge on any atom is -0.352 e. The van der Waals surface area contributed by atoms with Gasteiger partial charge in [-0.05, 0) is 6.42 Å². The highest BCUT2D eigenvalue weighted by Crippen LogP contribution is 2.06. The lowest BCUT2D eigenvalue weighted by Gasteiger charge is -2.09. The second-order valence-electron chi connectivity index (χ2n) is 2.90. The van der Waals surface area contributed by atoms with E-state index < -0.39 is 10.8 Å². The molecule has 0 aliphatic carbocycles. The summed E-state index contributed by atoms with van der Waals surface area (Å²) in [6, 6.07) is 0.116. The van der Waals surface area contributed by atoms with Crippen molar-refractivity contribution in [2.75, 3.05) is 18.1 Å². The third-order valence-electron chi connectivity index (χ3n) is 1.82. The molecule has 3 N–H and O–H groups in total. The Balaban J connectivity index is 2.23. The average molecular weight is 190 g/mol. The summed E-state index contributed by atoms with van der Waals surface area (Å²) in [4.78, 5) is 11.0. The van der Waals surface area contributed by atoms with Gasteiger partial charge >= 0.3 is 0 Å². The Morgan fingerprint density at radius 2 is 2.42 bits per heavy atom. The molecule has 70 valence electrons. The maximum Gasteiger partial charge on any atom is 0.221 e. The summed E-state index contributed by atoms with van der Waals surface area (Å²) in [6.45, 7) is 0.377. The minimum atomic E-state index is -0.719. The normalized spacial score (nSPS) is 28.8. The summed E-state index contributed by atoms with van der Waals surface area (Å²) in [5.41, 5.74) is 5.21. The van der Waals surface area contributed by atoms with Gasteiger partial charge < -0.3 is 11.1 Å². The molecule has 0 spiro atoms. The molecule has 0 aromatic rings. The Morgan fingerprint density at radius 3 is 2.92 bits per heavy atom. The van der Waals surface area contributed by atoms with E-state index in [4.69, 9.17) is 5.73 Å². The highest BCUT2D eigenvalue weighted by Gasteiger charge is 2.21. The van der Waals surface area contributed by atoms with Crippen molar-refractivity contribution in [3.8, 4) is 0 Å². The molecule has 1 amide bonds. The maximum atomic E-state index is 11.0. The monoisotopic (exact) mass is 190 g/mol. The van der Waals surface area contributed by atoms with Crippen molar-refractivity contribution in [1.82, 2.24) is 5.32 Å². The van der Waals surface area contributed by atoms with Crippen LogP contribution in [0, 0.1) is 0 Å². The molecule has 1 aliphatic rings. The van der Waals surface area contributed by atoms with Crippen LogP contribution >= 0.6 is 0 Å². The molecule has 0 aromatic heterocycles. The molecule has 1 heterocycles. The zero-order valence-corrected chi connectivity index (χ0v) is 7.73. The maximum absolute atomic E-state index is 11.0. The van der Waals surface area contributed by atoms with E-state index in [1.807, 2.05) is 0 Å². The molecular weight excluding hydrogens is 176 g/mol. The largest absolute Gasteiger partial charge is 0.352 e. The second-order valence-corrected chi connectivity index (χ2v) is 4.52. The molecule has 4 nitrogen and oxygen atoms in total. The fourth-order valence-corrected chi connectivity index (χ4v) is 2.62. The molecule has 2 atom stereocenters. The first-order valence-electron chi connectivity index (χ1n) is 4.07. The topological polar surface area (TPSA) is 72.2 Å². The molecule has 12 heavy (non-hydrogen) atoms. The molecule has 0 bridgehead atoms. The van der Waals surface area contributed by atoms with Crippen molar-refractivity contribution in [3.05, 3.63) is 0 Å². The standard InChI is InChI=1S/C7H14N2O2S/c8-3-1-7(10)9-6-2-4-12(11)5-6/h6H,1-5,8H2,(H,9,10). The number of hydrogen-bond donors (Lipinski definition) is 2. The van der Waals surface area contributed by atoms with E-state index in [9.17, 15) is 9.00 Å². The van der Waals surface area contributed by atoms with Crippen molar-refractivity contribution < 1.29 is 9.00 Å². The molecule has 0 saturated carbocycles. The first kappa shape index (κ1) is 9.67. The zero-order valence-electron chi connectivity index (χ0n) is 6.91. The van der Waals surface area contributed by atoms with Crippen LogP contribution in [0.15, 0.2) is 0 Å². The summed E-state index contributed by atoms with van der Waals surface area (Å²) >= 11 is 0. The highest BCUT2D eigenvalue weighted by atomic mass is 32.2. The Hall–Kier alpha value is -0.420. The van der Waals surface area contributed by atoms with Gasteiger partial charge in [0.25, 0.3) is 0 Å². The van der Waals surface area contributed by atoms with Crippen LogP contribution in [-0.2, 0) is 15.6 Å². The minimum absolute atomic E-state index is 0.0265. The van der Waals surface area contributed by atoms with Crippen LogP contribution in [0.4, 0.5) is 0 Å². The van der Waals surface area contributed by atoms with Gasteiger partial charge in [-0.2, -0.15) is 0 Å². The van der Waals surface area contributed by atoms with Gasteiger partial charge in [0.05, 0.1) is 0 Å². The van der Waals surface area contributed by atoms with E-state index in [1.165, 1.54) is 0 Å². The van der Waals surface area contributed by atoms with E-state index in [1.54, 1.807) is 0 Å². The van der Waals surface area contributed by atoms with Crippen LogP contribution < -0.4 is 11.1 Å². The highest BCUT2D eigenvalue weighted by molar-refractivity contribution is 7.85. The molecule has 1 fully saturated rings. The number of rotatable bonds is 3. The Bertz CT molecular complexity index is 196. The first-order chi connectivity index (χ1) is 5.72. The van der Waals surface area contributed by atoms with Crippen molar-refractivity contribution in [3.63, 3.8) is 0 Å². The van der Waals surface area contributed by atoms with Crippen molar-refractivity contribution >= 4 is 16.7 Å². The van der Waals surface area contributed by atoms with E-state index in [2.05, 4.69) is 5.32 Å². The number of hydrogen-bond acceptors (Lipinski definition) is 3. The molecule has 1 aliphatic heterocycles. The molecule has 2 unspecified atom stereocenters. The summed E-state index contributed by atoms with van der Waals surface area (Å²) in [6.07, 6.45) is 1.20. The summed E-state index contributed by atoms with van der Waals surface area (Å²) in [5, 5.41) is 2.80. The number of nitrogens with two attached hydrogens (primary N) is 1. The SMILES string of the molecule is NCCC(=O)NC1CCS(=O)C1. The van der Waals surface area contributed by atoms with Gasteiger partial charge in [0.15, 0.2) is 0 Å². The molecule has 1 rings (SSSR count). The third kappa shape index (κ3) is 2.91. The average Bonchev–Trinajstić information content (AvgIpc) is 2.36. The van der Waals surface area contributed by atoms with Crippen molar-refractivity contribution in [1.29, 1.82) is 0 Å². The fraction of sp³-hybridized carbons (Fsp3) is 0.857. The molecule has 0 aromatic carbocycles. The number of nitrogens with one attached hydrogen (secondary N) is 1. The Morgan fingerprint density at radius 1 is 1.67 bits per heavy atom. The van der Waals surface area contributed by atoms with Gasteiger partial charge in [0, 0.05) is 41.3 Å². The van der Waals surface area contributed by atoms with Gasteiger partial charge in [-0.15, -0.1) is 0 Å². The van der Waals surface area contributed by atoms with Gasteiger partial charge in [-0.3, -0.25) is 9.00 Å². The third-order valence-corrected chi connectivity index (χ3v) is 3.28. The fourth-order valence-electron chi connectivity index (χ4n) is 1.21. The predicted octanol–water partition coefficient (Wildman–Crippen LogP) is -1.03. The van der Waals surface area contributed by atoms with Crippen LogP contribution in [0.2, 0.25) is 0 Å². The van der Waals surface area contributed by atoms with Gasteiger partial charge in [0.1, 0.15) is 0 Å². The van der Waals surface area contributed by atoms with Crippen LogP contribution in [0.25, 0.3) is 0 Å². The Labute approximate surface area is 74.3 Å². The van der Waals surface area contributed by atoms with Crippen molar-refractivity contribution in [2.45, 2.75) is 18.9 Å².